The molecule has 4 nitrogen and oxygen atoms in total. The van der Waals surface area contributed by atoms with Gasteiger partial charge in [0, 0.05) is 25.9 Å². The second-order valence-electron chi connectivity index (χ2n) is 4.93. The van der Waals surface area contributed by atoms with E-state index in [2.05, 4.69) is 12.0 Å². The summed E-state index contributed by atoms with van der Waals surface area (Å²) in [7, 11) is 1.94. The van der Waals surface area contributed by atoms with E-state index >= 15 is 0 Å². The van der Waals surface area contributed by atoms with Crippen molar-refractivity contribution in [3.8, 4) is 0 Å². The summed E-state index contributed by atoms with van der Waals surface area (Å²) in [6, 6.07) is 0.121. The molecule has 0 aliphatic carbocycles. The van der Waals surface area contributed by atoms with Gasteiger partial charge in [-0.05, 0) is 38.2 Å². The lowest BCUT2D eigenvalue weighted by Gasteiger charge is -2.30. The maximum absolute atomic E-state index is 6.22. The molecule has 4 heteroatoms. The van der Waals surface area contributed by atoms with Crippen LogP contribution in [0.3, 0.4) is 0 Å². The Morgan fingerprint density at radius 1 is 1.69 bits per heavy atom. The molecule has 1 aromatic rings. The van der Waals surface area contributed by atoms with Gasteiger partial charge >= 0.3 is 0 Å². The van der Waals surface area contributed by atoms with Gasteiger partial charge in [-0.1, -0.05) is 0 Å². The van der Waals surface area contributed by atoms with Crippen molar-refractivity contribution >= 4 is 0 Å². The van der Waals surface area contributed by atoms with Crippen molar-refractivity contribution in [1.29, 1.82) is 0 Å². The normalized spacial score (nSPS) is 27.2. The Labute approximate surface area is 96.8 Å². The Balaban J connectivity index is 1.85. The molecule has 0 saturated carbocycles. The molecule has 2 heterocycles. The fourth-order valence-corrected chi connectivity index (χ4v) is 2.32. The Hall–Kier alpha value is -0.870. The molecular weight excluding hydrogens is 202 g/mol. The van der Waals surface area contributed by atoms with E-state index in [4.69, 9.17) is 10.5 Å². The summed E-state index contributed by atoms with van der Waals surface area (Å²) in [5.41, 5.74) is 7.36. The highest BCUT2D eigenvalue weighted by molar-refractivity contribution is 5.05. The van der Waals surface area contributed by atoms with E-state index in [0.717, 1.165) is 32.3 Å². The van der Waals surface area contributed by atoms with Gasteiger partial charge in [-0.15, -0.1) is 0 Å². The first kappa shape index (κ1) is 11.6. The van der Waals surface area contributed by atoms with Gasteiger partial charge in [0.1, 0.15) is 0 Å². The van der Waals surface area contributed by atoms with Crippen molar-refractivity contribution in [2.45, 2.75) is 44.2 Å². The van der Waals surface area contributed by atoms with Crippen molar-refractivity contribution in [1.82, 2.24) is 9.78 Å². The van der Waals surface area contributed by atoms with Crippen LogP contribution in [0, 0.1) is 0 Å². The van der Waals surface area contributed by atoms with E-state index in [1.807, 2.05) is 24.1 Å². The Bertz CT molecular complexity index is 342. The SMILES string of the molecule is Cn1cc(CCC(N)C2(C)CCCO2)cn1. The fraction of sp³-hybridized carbons (Fsp3) is 0.750. The first-order valence-corrected chi connectivity index (χ1v) is 5.97. The van der Waals surface area contributed by atoms with Crippen molar-refractivity contribution < 1.29 is 4.74 Å². The maximum Gasteiger partial charge on any atom is 0.0805 e. The highest BCUT2D eigenvalue weighted by Crippen LogP contribution is 2.29. The predicted molar refractivity (Wildman–Crippen MR) is 63.1 cm³/mol. The lowest BCUT2D eigenvalue weighted by Crippen LogP contribution is -2.45. The monoisotopic (exact) mass is 223 g/mol. The molecule has 0 spiro atoms. The fourth-order valence-electron chi connectivity index (χ4n) is 2.32. The van der Waals surface area contributed by atoms with Gasteiger partial charge in [0.2, 0.25) is 0 Å². The van der Waals surface area contributed by atoms with Crippen LogP contribution in [0.25, 0.3) is 0 Å². The summed E-state index contributed by atoms with van der Waals surface area (Å²) < 4.78 is 7.58. The second-order valence-corrected chi connectivity index (χ2v) is 4.93. The minimum atomic E-state index is -0.109. The zero-order valence-electron chi connectivity index (χ0n) is 10.1. The molecule has 16 heavy (non-hydrogen) atoms. The molecule has 1 aliphatic heterocycles. The second kappa shape index (κ2) is 4.55. The minimum Gasteiger partial charge on any atom is -0.374 e. The average molecular weight is 223 g/mol. The van der Waals surface area contributed by atoms with Crippen LogP contribution >= 0.6 is 0 Å². The van der Waals surface area contributed by atoms with Crippen LogP contribution in [-0.4, -0.2) is 28.0 Å². The third-order valence-electron chi connectivity index (χ3n) is 3.54. The van der Waals surface area contributed by atoms with Gasteiger partial charge in [0.15, 0.2) is 0 Å². The number of rotatable bonds is 4. The highest BCUT2D eigenvalue weighted by atomic mass is 16.5. The molecule has 1 fully saturated rings. The van der Waals surface area contributed by atoms with Gasteiger partial charge < -0.3 is 10.5 Å². The molecule has 1 aromatic heterocycles. The first-order valence-electron chi connectivity index (χ1n) is 5.97. The number of ether oxygens (including phenoxy) is 1. The molecule has 2 unspecified atom stereocenters. The highest BCUT2D eigenvalue weighted by Gasteiger charge is 2.35. The molecule has 2 N–H and O–H groups in total. The molecule has 1 aliphatic rings. The Morgan fingerprint density at radius 2 is 2.50 bits per heavy atom. The molecule has 0 radical (unpaired) electrons. The van der Waals surface area contributed by atoms with E-state index in [1.165, 1.54) is 5.56 Å². The van der Waals surface area contributed by atoms with Gasteiger partial charge in [0.05, 0.1) is 11.8 Å². The van der Waals surface area contributed by atoms with E-state index in [9.17, 15) is 0 Å². The van der Waals surface area contributed by atoms with Gasteiger partial charge in [-0.25, -0.2) is 0 Å². The van der Waals surface area contributed by atoms with Gasteiger partial charge in [-0.3, -0.25) is 4.68 Å². The van der Waals surface area contributed by atoms with Crippen molar-refractivity contribution in [3.63, 3.8) is 0 Å². The molecule has 90 valence electrons. The molecule has 2 atom stereocenters. The van der Waals surface area contributed by atoms with Crippen LogP contribution in [0.4, 0.5) is 0 Å². The van der Waals surface area contributed by atoms with Crippen LogP contribution in [0.15, 0.2) is 12.4 Å². The Morgan fingerprint density at radius 3 is 3.06 bits per heavy atom. The molecule has 0 bridgehead atoms. The summed E-state index contributed by atoms with van der Waals surface area (Å²) >= 11 is 0. The van der Waals surface area contributed by atoms with Crippen LogP contribution in [0.1, 0.15) is 31.7 Å². The lowest BCUT2D eigenvalue weighted by atomic mass is 9.90. The first-order chi connectivity index (χ1) is 7.60. The summed E-state index contributed by atoms with van der Waals surface area (Å²) in [6.45, 7) is 2.99. The van der Waals surface area contributed by atoms with Gasteiger partial charge in [0.25, 0.3) is 0 Å². The number of aryl methyl sites for hydroxylation is 2. The molecule has 2 rings (SSSR count). The molecule has 1 saturated heterocycles. The summed E-state index contributed by atoms with van der Waals surface area (Å²) in [6.07, 6.45) is 8.11. The smallest absolute Gasteiger partial charge is 0.0805 e. The third kappa shape index (κ3) is 2.44. The number of hydrogen-bond acceptors (Lipinski definition) is 3. The maximum atomic E-state index is 6.22. The Kier molecular flexibility index (Phi) is 3.30. The predicted octanol–water partition coefficient (Wildman–Crippen LogP) is 1.25. The average Bonchev–Trinajstić information content (AvgIpc) is 2.85. The number of nitrogens with zero attached hydrogens (tertiary/aromatic N) is 2. The van der Waals surface area contributed by atoms with Crippen LogP contribution < -0.4 is 5.73 Å². The van der Waals surface area contributed by atoms with E-state index < -0.39 is 0 Å². The summed E-state index contributed by atoms with van der Waals surface area (Å²) in [5.74, 6) is 0. The summed E-state index contributed by atoms with van der Waals surface area (Å²) in [5, 5.41) is 4.15. The molecule has 0 amide bonds. The molecular formula is C12H21N3O. The van der Waals surface area contributed by atoms with Crippen molar-refractivity contribution in [2.24, 2.45) is 12.8 Å². The van der Waals surface area contributed by atoms with E-state index in [-0.39, 0.29) is 11.6 Å². The largest absolute Gasteiger partial charge is 0.374 e. The minimum absolute atomic E-state index is 0.109. The van der Waals surface area contributed by atoms with Crippen LogP contribution in [-0.2, 0) is 18.2 Å². The number of aromatic nitrogens is 2. The van der Waals surface area contributed by atoms with Gasteiger partial charge in [-0.2, -0.15) is 5.10 Å². The van der Waals surface area contributed by atoms with Crippen molar-refractivity contribution in [3.05, 3.63) is 18.0 Å². The third-order valence-corrected chi connectivity index (χ3v) is 3.54. The quantitative estimate of drug-likeness (QED) is 0.835. The zero-order valence-corrected chi connectivity index (χ0v) is 10.1. The van der Waals surface area contributed by atoms with Crippen molar-refractivity contribution in [2.75, 3.05) is 6.61 Å². The zero-order chi connectivity index (χ0) is 11.6. The molecule has 0 aromatic carbocycles. The number of nitrogens with two attached hydrogens (primary N) is 1. The van der Waals surface area contributed by atoms with Crippen LogP contribution in [0.5, 0.6) is 0 Å². The topological polar surface area (TPSA) is 53.1 Å². The number of hydrogen-bond donors (Lipinski definition) is 1. The standard InChI is InChI=1S/C12H21N3O/c1-12(6-3-7-16-12)11(13)5-4-10-8-14-15(2)9-10/h8-9,11H,3-7,13H2,1-2H3. The van der Waals surface area contributed by atoms with E-state index in [0.29, 0.717) is 0 Å². The van der Waals surface area contributed by atoms with E-state index in [1.54, 1.807) is 0 Å². The summed E-state index contributed by atoms with van der Waals surface area (Å²) in [4.78, 5) is 0. The lowest BCUT2D eigenvalue weighted by molar-refractivity contribution is -0.00296. The van der Waals surface area contributed by atoms with Crippen LogP contribution in [0.2, 0.25) is 0 Å².